The van der Waals surface area contributed by atoms with Gasteiger partial charge in [0.2, 0.25) is 0 Å². The van der Waals surface area contributed by atoms with Crippen LogP contribution in [0.15, 0.2) is 12.4 Å². The molecule has 0 aliphatic rings. The summed E-state index contributed by atoms with van der Waals surface area (Å²) in [4.78, 5) is 2.22. The number of likely N-dealkylation sites (N-methyl/N-ethyl adjacent to an activating group) is 1. The van der Waals surface area contributed by atoms with E-state index in [1.54, 1.807) is 11.8 Å². The molecule has 0 aromatic carbocycles. The number of hydrogen-bond acceptors (Lipinski definition) is 4. The molecular formula is C12H24N4O. The first-order valence-electron chi connectivity index (χ1n) is 5.92. The lowest BCUT2D eigenvalue weighted by atomic mass is 10.0. The minimum atomic E-state index is 0.0493. The van der Waals surface area contributed by atoms with Gasteiger partial charge < -0.3 is 10.5 Å². The zero-order valence-corrected chi connectivity index (χ0v) is 11.4. The summed E-state index contributed by atoms with van der Waals surface area (Å²) < 4.78 is 7.09. The van der Waals surface area contributed by atoms with Crippen LogP contribution in [-0.2, 0) is 11.8 Å². The van der Waals surface area contributed by atoms with Crippen LogP contribution in [0.3, 0.4) is 0 Å². The van der Waals surface area contributed by atoms with Gasteiger partial charge in [-0.15, -0.1) is 0 Å². The molecule has 1 heterocycles. The number of aryl methyl sites for hydroxylation is 1. The minimum Gasteiger partial charge on any atom is -0.380 e. The Hall–Kier alpha value is -0.910. The van der Waals surface area contributed by atoms with Gasteiger partial charge in [0.25, 0.3) is 0 Å². The summed E-state index contributed by atoms with van der Waals surface area (Å²) in [6, 6.07) is 0.217. The van der Waals surface area contributed by atoms with Crippen molar-refractivity contribution in [1.82, 2.24) is 14.7 Å². The Morgan fingerprint density at radius 1 is 1.53 bits per heavy atom. The van der Waals surface area contributed by atoms with Gasteiger partial charge in [-0.05, 0) is 20.9 Å². The molecule has 0 radical (unpaired) electrons. The molecule has 2 N–H and O–H groups in total. The molecule has 1 aromatic rings. The number of rotatable bonds is 6. The van der Waals surface area contributed by atoms with Gasteiger partial charge in [0.1, 0.15) is 0 Å². The van der Waals surface area contributed by atoms with E-state index in [1.807, 2.05) is 26.4 Å². The standard InChI is InChI=1S/C12H24N4O/c1-9(17-5)7-15(3)12(10(2)13)11-6-14-16(4)8-11/h6,8-10,12H,7,13H2,1-5H3. The molecule has 5 nitrogen and oxygen atoms in total. The average molecular weight is 240 g/mol. The summed E-state index contributed by atoms with van der Waals surface area (Å²) in [7, 11) is 5.71. The summed E-state index contributed by atoms with van der Waals surface area (Å²) in [5.41, 5.74) is 7.22. The number of methoxy groups -OCH3 is 1. The van der Waals surface area contributed by atoms with E-state index in [-0.39, 0.29) is 18.2 Å². The average Bonchev–Trinajstić information content (AvgIpc) is 2.64. The van der Waals surface area contributed by atoms with Crippen LogP contribution in [0.2, 0.25) is 0 Å². The van der Waals surface area contributed by atoms with E-state index in [1.165, 1.54) is 0 Å². The molecule has 98 valence electrons. The monoisotopic (exact) mass is 240 g/mol. The Bertz CT molecular complexity index is 337. The van der Waals surface area contributed by atoms with E-state index in [4.69, 9.17) is 10.5 Å². The molecule has 0 aliphatic carbocycles. The van der Waals surface area contributed by atoms with Crippen LogP contribution in [0.1, 0.15) is 25.5 Å². The van der Waals surface area contributed by atoms with E-state index >= 15 is 0 Å². The maximum absolute atomic E-state index is 6.08. The fourth-order valence-corrected chi connectivity index (χ4v) is 2.15. The van der Waals surface area contributed by atoms with Gasteiger partial charge >= 0.3 is 0 Å². The highest BCUT2D eigenvalue weighted by Gasteiger charge is 2.23. The largest absolute Gasteiger partial charge is 0.380 e. The molecule has 3 atom stereocenters. The second-order valence-corrected chi connectivity index (χ2v) is 4.74. The lowest BCUT2D eigenvalue weighted by Gasteiger charge is -2.31. The topological polar surface area (TPSA) is 56.3 Å². The second-order valence-electron chi connectivity index (χ2n) is 4.74. The van der Waals surface area contributed by atoms with Crippen molar-refractivity contribution in [3.63, 3.8) is 0 Å². The second kappa shape index (κ2) is 6.14. The normalized spacial score (nSPS) is 17.1. The van der Waals surface area contributed by atoms with Crippen LogP contribution in [0.5, 0.6) is 0 Å². The summed E-state index contributed by atoms with van der Waals surface area (Å²) in [5, 5.41) is 4.20. The molecule has 0 bridgehead atoms. The van der Waals surface area contributed by atoms with Gasteiger partial charge in [-0.25, -0.2) is 0 Å². The summed E-state index contributed by atoms with van der Waals surface area (Å²) in [6.07, 6.45) is 4.09. The van der Waals surface area contributed by atoms with Crippen molar-refractivity contribution in [1.29, 1.82) is 0 Å². The van der Waals surface area contributed by atoms with Gasteiger partial charge in [-0.1, -0.05) is 0 Å². The van der Waals surface area contributed by atoms with Gasteiger partial charge in [0, 0.05) is 38.5 Å². The molecule has 0 amide bonds. The molecule has 0 fully saturated rings. The highest BCUT2D eigenvalue weighted by molar-refractivity contribution is 5.12. The van der Waals surface area contributed by atoms with Crippen LogP contribution < -0.4 is 5.73 Å². The predicted octanol–water partition coefficient (Wildman–Crippen LogP) is 0.775. The highest BCUT2D eigenvalue weighted by atomic mass is 16.5. The Morgan fingerprint density at radius 2 is 2.18 bits per heavy atom. The van der Waals surface area contributed by atoms with Crippen LogP contribution in [0.25, 0.3) is 0 Å². The quantitative estimate of drug-likeness (QED) is 0.798. The van der Waals surface area contributed by atoms with Gasteiger partial charge in [0.05, 0.1) is 18.3 Å². The molecular weight excluding hydrogens is 216 g/mol. The molecule has 0 spiro atoms. The van der Waals surface area contributed by atoms with Crippen molar-refractivity contribution >= 4 is 0 Å². The summed E-state index contributed by atoms with van der Waals surface area (Å²) >= 11 is 0. The Morgan fingerprint density at radius 3 is 2.59 bits per heavy atom. The van der Waals surface area contributed by atoms with Crippen molar-refractivity contribution < 1.29 is 4.74 Å². The molecule has 1 rings (SSSR count). The number of hydrogen-bond donors (Lipinski definition) is 1. The van der Waals surface area contributed by atoms with Gasteiger partial charge in [-0.3, -0.25) is 9.58 Å². The first kappa shape index (κ1) is 14.2. The van der Waals surface area contributed by atoms with E-state index in [0.717, 1.165) is 12.1 Å². The van der Waals surface area contributed by atoms with Crippen molar-refractivity contribution in [3.8, 4) is 0 Å². The van der Waals surface area contributed by atoms with Crippen LogP contribution in [0.4, 0.5) is 0 Å². The molecule has 17 heavy (non-hydrogen) atoms. The number of aromatic nitrogens is 2. The highest BCUT2D eigenvalue weighted by Crippen LogP contribution is 2.21. The molecule has 3 unspecified atom stereocenters. The lowest BCUT2D eigenvalue weighted by Crippen LogP contribution is -2.40. The third kappa shape index (κ3) is 3.80. The third-order valence-corrected chi connectivity index (χ3v) is 2.99. The smallest absolute Gasteiger partial charge is 0.0670 e. The molecule has 1 aromatic heterocycles. The fourth-order valence-electron chi connectivity index (χ4n) is 2.15. The van der Waals surface area contributed by atoms with Crippen molar-refractivity contribution in [2.24, 2.45) is 12.8 Å². The van der Waals surface area contributed by atoms with E-state index < -0.39 is 0 Å². The number of nitrogens with two attached hydrogens (primary N) is 1. The SMILES string of the molecule is COC(C)CN(C)C(c1cnn(C)c1)C(C)N. The summed E-state index contributed by atoms with van der Waals surface area (Å²) in [5.74, 6) is 0. The van der Waals surface area contributed by atoms with Crippen molar-refractivity contribution in [2.75, 3.05) is 20.7 Å². The molecule has 0 aliphatic heterocycles. The third-order valence-electron chi connectivity index (χ3n) is 2.99. The maximum atomic E-state index is 6.08. The number of nitrogens with zero attached hydrogens (tertiary/aromatic N) is 3. The minimum absolute atomic E-state index is 0.0493. The van der Waals surface area contributed by atoms with Gasteiger partial charge in [-0.2, -0.15) is 5.10 Å². The Labute approximate surface area is 104 Å². The van der Waals surface area contributed by atoms with E-state index in [9.17, 15) is 0 Å². The molecule has 5 heteroatoms. The predicted molar refractivity (Wildman–Crippen MR) is 68.7 cm³/mol. The van der Waals surface area contributed by atoms with Gasteiger partial charge in [0.15, 0.2) is 0 Å². The van der Waals surface area contributed by atoms with Crippen molar-refractivity contribution in [2.45, 2.75) is 32.0 Å². The molecule has 0 saturated heterocycles. The zero-order valence-electron chi connectivity index (χ0n) is 11.4. The first-order chi connectivity index (χ1) is 7.95. The van der Waals surface area contributed by atoms with E-state index in [0.29, 0.717) is 0 Å². The van der Waals surface area contributed by atoms with Crippen LogP contribution >= 0.6 is 0 Å². The van der Waals surface area contributed by atoms with Crippen LogP contribution in [-0.4, -0.2) is 47.5 Å². The van der Waals surface area contributed by atoms with Crippen LogP contribution in [0, 0.1) is 0 Å². The van der Waals surface area contributed by atoms with Crippen molar-refractivity contribution in [3.05, 3.63) is 18.0 Å². The van der Waals surface area contributed by atoms with E-state index in [2.05, 4.69) is 24.0 Å². The first-order valence-corrected chi connectivity index (χ1v) is 5.92. The molecule has 0 saturated carbocycles. The Balaban J connectivity index is 2.79. The lowest BCUT2D eigenvalue weighted by molar-refractivity contribution is 0.0674. The maximum Gasteiger partial charge on any atom is 0.0670 e. The number of ether oxygens (including phenoxy) is 1. The summed E-state index contributed by atoms with van der Waals surface area (Å²) in [6.45, 7) is 4.92. The zero-order chi connectivity index (χ0) is 13.0. The Kier molecular flexibility index (Phi) is 5.11. The fraction of sp³-hybridized carbons (Fsp3) is 0.750.